The molecule has 4 radical (unpaired) electrons. The van der Waals surface area contributed by atoms with Gasteiger partial charge in [0.1, 0.15) is 11.9 Å². The number of ether oxygens (including phenoxy) is 1. The molecule has 0 bridgehead atoms. The van der Waals surface area contributed by atoms with Crippen molar-refractivity contribution >= 4 is 32.8 Å². The maximum absolute atomic E-state index is 13.1. The second-order valence-electron chi connectivity index (χ2n) is 8.04. The third-order valence-electron chi connectivity index (χ3n) is 5.19. The van der Waals surface area contributed by atoms with Gasteiger partial charge in [-0.05, 0) is 36.9 Å². The maximum Gasteiger partial charge on any atom is 0.416 e. The Morgan fingerprint density at radius 1 is 1.19 bits per heavy atom. The smallest absolute Gasteiger partial charge is 0.366 e. The summed E-state index contributed by atoms with van der Waals surface area (Å²) < 4.78 is 82.8. The van der Waals surface area contributed by atoms with E-state index in [-0.39, 0.29) is 19.6 Å². The van der Waals surface area contributed by atoms with Crippen molar-refractivity contribution in [2.75, 3.05) is 6.61 Å². The first-order chi connectivity index (χ1) is 14.5. The first-order valence-corrected chi connectivity index (χ1v) is 9.43. The Bertz CT molecular complexity index is 1010. The summed E-state index contributed by atoms with van der Waals surface area (Å²) in [6, 6.07) is 1.12. The summed E-state index contributed by atoms with van der Waals surface area (Å²) in [4.78, 5) is 19.9. The van der Waals surface area contributed by atoms with Crippen LogP contribution in [0.25, 0.3) is 11.0 Å². The molecule has 1 fully saturated rings. The number of nitrogens with zero attached hydrogens (tertiary/aromatic N) is 2. The zero-order valence-electron chi connectivity index (χ0n) is 17.1. The van der Waals surface area contributed by atoms with Crippen LogP contribution in [0, 0.1) is 0 Å². The molecule has 1 aromatic carbocycles. The fourth-order valence-electron chi connectivity index (χ4n) is 3.20. The van der Waals surface area contributed by atoms with Gasteiger partial charge in [0, 0.05) is 13.0 Å². The average molecular weight is 458 g/mol. The molecule has 170 valence electrons. The maximum atomic E-state index is 13.1. The quantitative estimate of drug-likeness (QED) is 0.517. The predicted octanol–water partition coefficient (Wildman–Crippen LogP) is 2.91. The Balaban J connectivity index is 1.71. The first-order valence-electron chi connectivity index (χ1n) is 9.43. The zero-order chi connectivity index (χ0) is 24.1. The molecule has 2 heterocycles. The lowest BCUT2D eigenvalue weighted by molar-refractivity contribution is -0.263. The van der Waals surface area contributed by atoms with Crippen molar-refractivity contribution in [3.05, 3.63) is 29.6 Å². The minimum atomic E-state index is -4.83. The van der Waals surface area contributed by atoms with Gasteiger partial charge in [0.05, 0.1) is 33.3 Å². The second kappa shape index (κ2) is 7.89. The van der Waals surface area contributed by atoms with Crippen molar-refractivity contribution < 1.29 is 35.9 Å². The molecule has 0 spiro atoms. The van der Waals surface area contributed by atoms with Crippen molar-refractivity contribution in [2.45, 2.75) is 56.1 Å². The number of hydrogen-bond acceptors (Lipinski definition) is 3. The van der Waals surface area contributed by atoms with Gasteiger partial charge in [-0.3, -0.25) is 0 Å². The molecule has 0 saturated carbocycles. The van der Waals surface area contributed by atoms with Crippen molar-refractivity contribution in [3.63, 3.8) is 0 Å². The normalized spacial score (nSPS) is 19.6. The fraction of sp³-hybridized carbons (Fsp3) is 0.556. The van der Waals surface area contributed by atoms with Gasteiger partial charge in [-0.25, -0.2) is 9.78 Å². The van der Waals surface area contributed by atoms with E-state index >= 15 is 0 Å². The Hall–Kier alpha value is -2.37. The van der Waals surface area contributed by atoms with Crippen molar-refractivity contribution in [3.8, 4) is 0 Å². The van der Waals surface area contributed by atoms with Gasteiger partial charge in [0.25, 0.3) is 0 Å². The van der Waals surface area contributed by atoms with Gasteiger partial charge in [-0.2, -0.15) is 26.3 Å². The molecular weight excluding hydrogens is 440 g/mol. The number of urea groups is 1. The van der Waals surface area contributed by atoms with E-state index in [1.54, 1.807) is 11.4 Å². The number of rotatable bonds is 6. The highest BCUT2D eigenvalue weighted by molar-refractivity contribution is 6.42. The lowest BCUT2D eigenvalue weighted by atomic mass is 9.57. The van der Waals surface area contributed by atoms with Crippen molar-refractivity contribution in [1.82, 2.24) is 20.2 Å². The number of hydrogen-bond donors (Lipinski definition) is 2. The molecule has 2 N–H and O–H groups in total. The monoisotopic (exact) mass is 458 g/mol. The number of carbonyl (C=O) groups excluding carboxylic acids is 1. The van der Waals surface area contributed by atoms with Crippen LogP contribution in [-0.2, 0) is 17.7 Å². The molecule has 1 aliphatic heterocycles. The van der Waals surface area contributed by atoms with E-state index in [9.17, 15) is 31.1 Å². The summed E-state index contributed by atoms with van der Waals surface area (Å²) in [5, 5.41) is -0.755. The molecule has 1 aromatic heterocycles. The fourth-order valence-corrected chi connectivity index (χ4v) is 3.20. The number of alkyl halides is 6. The molecule has 2 aromatic rings. The summed E-state index contributed by atoms with van der Waals surface area (Å²) >= 11 is 0. The van der Waals surface area contributed by atoms with E-state index in [1.807, 2.05) is 0 Å². The summed E-state index contributed by atoms with van der Waals surface area (Å²) in [5.74, 6) is 0.359. The number of nitrogens with one attached hydrogen (secondary N) is 2. The number of aromatic nitrogens is 2. The van der Waals surface area contributed by atoms with E-state index in [1.165, 1.54) is 12.1 Å². The van der Waals surface area contributed by atoms with Crippen LogP contribution in [0.15, 0.2) is 18.2 Å². The average Bonchev–Trinajstić information content (AvgIpc) is 3.12. The Morgan fingerprint density at radius 2 is 1.84 bits per heavy atom. The van der Waals surface area contributed by atoms with Crippen LogP contribution in [0.5, 0.6) is 0 Å². The van der Waals surface area contributed by atoms with Crippen molar-refractivity contribution in [2.24, 2.45) is 0 Å². The first kappa shape index (κ1) is 24.3. The summed E-state index contributed by atoms with van der Waals surface area (Å²) in [6.45, 7) is 1.29. The van der Waals surface area contributed by atoms with Gasteiger partial charge < -0.3 is 19.9 Å². The molecule has 0 unspecified atom stereocenters. The largest absolute Gasteiger partial charge is 0.416 e. The van der Waals surface area contributed by atoms with Crippen molar-refractivity contribution in [1.29, 1.82) is 0 Å². The molecule has 3 rings (SSSR count). The van der Waals surface area contributed by atoms with Crippen LogP contribution in [0.1, 0.15) is 25.2 Å². The summed E-state index contributed by atoms with van der Waals surface area (Å²) in [5.41, 5.74) is -0.947. The molecule has 1 saturated heterocycles. The number of benzene rings is 1. The highest BCUT2D eigenvalue weighted by Crippen LogP contribution is 2.34. The van der Waals surface area contributed by atoms with E-state index in [0.29, 0.717) is 27.3 Å². The Labute approximate surface area is 181 Å². The molecule has 6 nitrogen and oxygen atoms in total. The van der Waals surface area contributed by atoms with Gasteiger partial charge in [-0.15, -0.1) is 0 Å². The molecule has 2 amide bonds. The van der Waals surface area contributed by atoms with E-state index in [2.05, 4.69) is 9.97 Å². The lowest BCUT2D eigenvalue weighted by Gasteiger charge is -2.36. The van der Waals surface area contributed by atoms with Crippen LogP contribution < -0.4 is 5.32 Å². The van der Waals surface area contributed by atoms with Gasteiger partial charge >= 0.3 is 18.4 Å². The standard InChI is InChI=1S/C18H18B2F6N4O2/c1-15(2,18(24,25)26)32-6-5-12-27-10-4-3-9(7-11(10)28-12)8-30-14(31)29-13(16(30,19)20)17(21,22)23/h3-4,7,13H,5-6,8H2,1-2H3,(H,27,28)(H,29,31)/t13-/m0/s1. The number of halogens is 6. The minimum absolute atomic E-state index is 0.0695. The third-order valence-corrected chi connectivity index (χ3v) is 5.19. The number of fused-ring (bicyclic) bond motifs is 1. The molecule has 14 heteroatoms. The van der Waals surface area contributed by atoms with Crippen LogP contribution in [0.2, 0.25) is 0 Å². The highest BCUT2D eigenvalue weighted by Gasteiger charge is 2.57. The number of imidazole rings is 1. The predicted molar refractivity (Wildman–Crippen MR) is 104 cm³/mol. The molecular formula is C18H18B2F6N4O2. The lowest BCUT2D eigenvalue weighted by Crippen LogP contribution is -2.58. The third kappa shape index (κ3) is 4.69. The number of carbonyl (C=O) groups is 1. The topological polar surface area (TPSA) is 70.2 Å². The van der Waals surface area contributed by atoms with E-state index in [0.717, 1.165) is 13.8 Å². The highest BCUT2D eigenvalue weighted by atomic mass is 19.4. The van der Waals surface area contributed by atoms with Gasteiger partial charge in [-0.1, -0.05) is 6.07 Å². The van der Waals surface area contributed by atoms with E-state index in [4.69, 9.17) is 20.4 Å². The van der Waals surface area contributed by atoms with Gasteiger partial charge in [0.15, 0.2) is 5.60 Å². The van der Waals surface area contributed by atoms with Crippen LogP contribution in [-0.4, -0.2) is 72.5 Å². The molecule has 1 atom stereocenters. The number of H-pyrrole nitrogens is 1. The number of aromatic amines is 1. The second-order valence-corrected chi connectivity index (χ2v) is 8.04. The Morgan fingerprint density at radius 3 is 2.41 bits per heavy atom. The van der Waals surface area contributed by atoms with Gasteiger partial charge in [0.2, 0.25) is 0 Å². The Kier molecular flexibility index (Phi) is 5.99. The van der Waals surface area contributed by atoms with Crippen LogP contribution in [0.4, 0.5) is 31.1 Å². The molecule has 32 heavy (non-hydrogen) atoms. The number of amides is 2. The summed E-state index contributed by atoms with van der Waals surface area (Å²) in [7, 11) is 11.2. The SMILES string of the molecule is [B]C1([B])[C@@H](C(F)(F)F)NC(=O)N1Cc1ccc2nc(CCOC(C)(C)C(F)(F)F)[nH]c2c1. The molecule has 0 aliphatic carbocycles. The zero-order valence-corrected chi connectivity index (χ0v) is 17.1. The van der Waals surface area contributed by atoms with Crippen LogP contribution >= 0.6 is 0 Å². The summed E-state index contributed by atoms with van der Waals surface area (Å²) in [6.07, 6.45) is -9.29. The molecule has 1 aliphatic rings. The minimum Gasteiger partial charge on any atom is -0.366 e. The van der Waals surface area contributed by atoms with E-state index < -0.39 is 35.4 Å². The van der Waals surface area contributed by atoms with Crippen LogP contribution in [0.3, 0.4) is 0 Å².